The molecular formula is C25H33NSTi. The van der Waals surface area contributed by atoms with Gasteiger partial charge in [-0.3, -0.25) is 0 Å². The topological polar surface area (TPSA) is 14.1 Å². The van der Waals surface area contributed by atoms with Crippen LogP contribution in [0, 0.1) is 34.1 Å². The minimum Gasteiger partial charge on any atom is -0.684 e. The van der Waals surface area contributed by atoms with Gasteiger partial charge in [-0.05, 0) is 35.8 Å². The van der Waals surface area contributed by atoms with E-state index in [0.717, 1.165) is 12.5 Å². The molecule has 2 aromatic carbocycles. The maximum atomic E-state index is 4.95. The number of aryl methyl sites for hydroxylation is 1. The van der Waals surface area contributed by atoms with Crippen LogP contribution in [-0.4, -0.2) is 11.8 Å². The van der Waals surface area contributed by atoms with Crippen molar-refractivity contribution < 1.29 is 21.7 Å². The average molecular weight is 427 g/mol. The van der Waals surface area contributed by atoms with Crippen LogP contribution in [0.1, 0.15) is 48.8 Å². The zero-order valence-electron chi connectivity index (χ0n) is 17.9. The molecule has 0 aromatic heterocycles. The summed E-state index contributed by atoms with van der Waals surface area (Å²) in [6.45, 7) is 5.94. The molecule has 2 heterocycles. The van der Waals surface area contributed by atoms with Gasteiger partial charge >= 0.3 is 21.7 Å². The first-order valence-electron chi connectivity index (χ1n) is 9.30. The Balaban J connectivity index is 0.000000980. The van der Waals surface area contributed by atoms with Crippen molar-refractivity contribution in [2.24, 2.45) is 11.8 Å². The zero-order valence-corrected chi connectivity index (χ0v) is 20.3. The number of para-hydroxylation sites is 1. The Kier molecular flexibility index (Phi) is 8.93. The maximum absolute atomic E-state index is 4.95. The fourth-order valence-corrected chi connectivity index (χ4v) is 7.16. The van der Waals surface area contributed by atoms with E-state index in [1.807, 2.05) is 0 Å². The first-order chi connectivity index (χ1) is 11.8. The molecule has 0 spiro atoms. The van der Waals surface area contributed by atoms with Crippen molar-refractivity contribution in [3.05, 3.63) is 86.8 Å². The second-order valence-corrected chi connectivity index (χ2v) is 8.95. The molecule has 0 amide bonds. The van der Waals surface area contributed by atoms with Gasteiger partial charge in [-0.25, -0.2) is 0 Å². The van der Waals surface area contributed by atoms with E-state index in [4.69, 9.17) is 5.32 Å². The second-order valence-electron chi connectivity index (χ2n) is 7.73. The van der Waals surface area contributed by atoms with Crippen LogP contribution < -0.4 is 0 Å². The first-order valence-corrected chi connectivity index (χ1v) is 10.2. The molecule has 0 saturated heterocycles. The van der Waals surface area contributed by atoms with Crippen LogP contribution in [0.5, 0.6) is 0 Å². The van der Waals surface area contributed by atoms with Crippen LogP contribution in [0.2, 0.25) is 0 Å². The molecule has 1 nitrogen and oxygen atoms in total. The van der Waals surface area contributed by atoms with Crippen molar-refractivity contribution >= 4 is 17.4 Å². The summed E-state index contributed by atoms with van der Waals surface area (Å²) in [6.07, 6.45) is 2.41. The Morgan fingerprint density at radius 3 is 2.25 bits per heavy atom. The second kappa shape index (κ2) is 9.87. The van der Waals surface area contributed by atoms with Gasteiger partial charge in [-0.2, -0.15) is 0 Å². The zero-order chi connectivity index (χ0) is 16.3. The summed E-state index contributed by atoms with van der Waals surface area (Å²) < 4.78 is 0. The molecule has 2 aliphatic heterocycles. The molecule has 0 radical (unpaired) electrons. The molecule has 3 heteroatoms. The smallest absolute Gasteiger partial charge is 0.684 e. The minimum atomic E-state index is 0. The third kappa shape index (κ3) is 3.73. The standard InChI is InChI=1S/C22H24NS.3CH3.Ti/c1-13-14(2)20(17-10-5-7-15-8-6-12-23-21(15)17)22-19(13)16-9-3-4-11-18(16)24-22;;;;/h3-5,7,9-11,13-14,19-20,22H,6,8,12H2,1-2H3;3*1H3;/q4*-1;+4. The summed E-state index contributed by atoms with van der Waals surface area (Å²) in [5.41, 5.74) is 5.93. The van der Waals surface area contributed by atoms with Crippen molar-refractivity contribution in [2.45, 2.75) is 48.7 Å². The van der Waals surface area contributed by atoms with E-state index in [9.17, 15) is 0 Å². The number of hydrogen-bond acceptors (Lipinski definition) is 1. The van der Waals surface area contributed by atoms with Crippen molar-refractivity contribution in [1.29, 1.82) is 0 Å². The van der Waals surface area contributed by atoms with E-state index in [1.165, 1.54) is 34.6 Å². The largest absolute Gasteiger partial charge is 4.00 e. The molecule has 148 valence electrons. The Morgan fingerprint density at radius 2 is 1.50 bits per heavy atom. The van der Waals surface area contributed by atoms with Gasteiger partial charge in [0.1, 0.15) is 0 Å². The Hall–Kier alpha value is -0.696. The van der Waals surface area contributed by atoms with E-state index < -0.39 is 0 Å². The van der Waals surface area contributed by atoms with Crippen molar-refractivity contribution in [3.63, 3.8) is 0 Å². The SMILES string of the molecule is CC1C(C)C(c2cccc3c2[N-]CCC3)C2Sc3ccccc3C12.[CH3-].[CH3-].[CH3-].[Ti+4]. The fraction of sp³-hybridized carbons (Fsp3) is 0.400. The normalized spacial score (nSPS) is 28.7. The molecule has 1 aliphatic carbocycles. The van der Waals surface area contributed by atoms with Gasteiger partial charge < -0.3 is 27.6 Å². The summed E-state index contributed by atoms with van der Waals surface area (Å²) in [6, 6.07) is 16.0. The Morgan fingerprint density at radius 1 is 0.857 bits per heavy atom. The van der Waals surface area contributed by atoms with Crippen LogP contribution in [0.3, 0.4) is 0 Å². The van der Waals surface area contributed by atoms with Crippen LogP contribution in [-0.2, 0) is 28.1 Å². The van der Waals surface area contributed by atoms with E-state index >= 15 is 0 Å². The molecule has 5 rings (SSSR count). The number of nitrogens with zero attached hydrogens (tertiary/aromatic N) is 1. The predicted octanol–water partition coefficient (Wildman–Crippen LogP) is 7.61. The van der Waals surface area contributed by atoms with Gasteiger partial charge in [0, 0.05) is 16.1 Å². The van der Waals surface area contributed by atoms with Crippen LogP contribution in [0.4, 0.5) is 5.69 Å². The summed E-state index contributed by atoms with van der Waals surface area (Å²) in [5.74, 6) is 2.77. The number of rotatable bonds is 1. The van der Waals surface area contributed by atoms with Crippen LogP contribution in [0.15, 0.2) is 47.4 Å². The molecule has 5 unspecified atom stereocenters. The number of hydrogen-bond donors (Lipinski definition) is 0. The quantitative estimate of drug-likeness (QED) is 0.337. The molecule has 3 aliphatic rings. The minimum absolute atomic E-state index is 0. The van der Waals surface area contributed by atoms with E-state index in [2.05, 4.69) is 68.1 Å². The molecule has 2 aromatic rings. The summed E-state index contributed by atoms with van der Waals surface area (Å²) in [7, 11) is 0. The molecule has 28 heavy (non-hydrogen) atoms. The van der Waals surface area contributed by atoms with Crippen molar-refractivity contribution in [2.75, 3.05) is 6.54 Å². The summed E-state index contributed by atoms with van der Waals surface area (Å²) in [4.78, 5) is 1.51. The predicted molar refractivity (Wildman–Crippen MR) is 122 cm³/mol. The number of benzene rings is 2. The van der Waals surface area contributed by atoms with Gasteiger partial charge in [0.2, 0.25) is 0 Å². The monoisotopic (exact) mass is 427 g/mol. The van der Waals surface area contributed by atoms with Crippen LogP contribution >= 0.6 is 11.8 Å². The van der Waals surface area contributed by atoms with Gasteiger partial charge in [-0.1, -0.05) is 67.8 Å². The van der Waals surface area contributed by atoms with Crippen LogP contribution in [0.25, 0.3) is 5.32 Å². The molecule has 1 fully saturated rings. The molecule has 0 N–H and O–H groups in total. The van der Waals surface area contributed by atoms with Gasteiger partial charge in [0.25, 0.3) is 0 Å². The van der Waals surface area contributed by atoms with Gasteiger partial charge in [0.15, 0.2) is 0 Å². The first kappa shape index (κ1) is 25.3. The molecular weight excluding hydrogens is 394 g/mol. The number of thioether (sulfide) groups is 1. The average Bonchev–Trinajstić information content (AvgIpc) is 3.10. The third-order valence-corrected chi connectivity index (χ3v) is 8.08. The Bertz CT molecular complexity index is 790. The van der Waals surface area contributed by atoms with E-state index in [1.54, 1.807) is 5.56 Å². The molecule has 1 saturated carbocycles. The summed E-state index contributed by atoms with van der Waals surface area (Å²) >= 11 is 2.13. The van der Waals surface area contributed by atoms with E-state index in [0.29, 0.717) is 23.0 Å². The third-order valence-electron chi connectivity index (χ3n) is 6.60. The number of fused-ring (bicyclic) bond motifs is 4. The Labute approximate surface area is 192 Å². The van der Waals surface area contributed by atoms with Gasteiger partial charge in [0.05, 0.1) is 0 Å². The summed E-state index contributed by atoms with van der Waals surface area (Å²) in [5, 5.41) is 5.63. The van der Waals surface area contributed by atoms with Crippen molar-refractivity contribution in [3.8, 4) is 0 Å². The van der Waals surface area contributed by atoms with Gasteiger partial charge in [-0.15, -0.1) is 24.0 Å². The fourth-order valence-electron chi connectivity index (χ4n) is 5.29. The molecule has 5 atom stereocenters. The maximum Gasteiger partial charge on any atom is 4.00 e. The molecule has 0 bridgehead atoms. The van der Waals surface area contributed by atoms with Crippen molar-refractivity contribution in [1.82, 2.24) is 0 Å². The van der Waals surface area contributed by atoms with E-state index in [-0.39, 0.29) is 44.0 Å².